The van der Waals surface area contributed by atoms with Gasteiger partial charge >= 0.3 is 0 Å². The van der Waals surface area contributed by atoms with E-state index in [-0.39, 0.29) is 0 Å². The number of hydrogen-bond acceptors (Lipinski definition) is 3. The number of rotatable bonds is 5. The maximum Gasteiger partial charge on any atom is 0.183 e. The lowest BCUT2D eigenvalue weighted by atomic mass is 10.4. The highest BCUT2D eigenvalue weighted by Gasteiger charge is 2.04. The molecule has 0 aromatic carbocycles. The van der Waals surface area contributed by atoms with E-state index in [4.69, 9.17) is 9.79 Å². The number of thiol groups is 1. The maximum absolute atomic E-state index is 8.77. The summed E-state index contributed by atoms with van der Waals surface area (Å²) < 4.78 is 0. The van der Waals surface area contributed by atoms with Gasteiger partial charge in [-0.25, -0.2) is 0 Å². The second-order valence-electron chi connectivity index (χ2n) is 1.93. The van der Waals surface area contributed by atoms with Crippen molar-refractivity contribution in [3.8, 4) is 0 Å². The minimum absolute atomic E-state index is 0.372. The van der Waals surface area contributed by atoms with Gasteiger partial charge < -0.3 is 9.79 Å². The zero-order valence-corrected chi connectivity index (χ0v) is 8.86. The van der Waals surface area contributed by atoms with Crippen molar-refractivity contribution < 1.29 is 9.79 Å². The molecule has 0 aliphatic rings. The van der Waals surface area contributed by atoms with Crippen LogP contribution in [0.15, 0.2) is 0 Å². The van der Waals surface area contributed by atoms with Gasteiger partial charge in [0.1, 0.15) is 0 Å². The Bertz CT molecular complexity index is 124. The average Bonchev–Trinajstić information content (AvgIpc) is 1.78. The molecule has 0 fully saturated rings. The van der Waals surface area contributed by atoms with Crippen LogP contribution in [0.1, 0.15) is 12.8 Å². The fourth-order valence-corrected chi connectivity index (χ4v) is 2.23. The molecule has 2 N–H and O–H groups in total. The van der Waals surface area contributed by atoms with E-state index in [0.29, 0.717) is 6.16 Å². The summed E-state index contributed by atoms with van der Waals surface area (Å²) in [7, 11) is 1.46. The predicted molar refractivity (Wildman–Crippen MR) is 54.3 cm³/mol. The van der Waals surface area contributed by atoms with E-state index >= 15 is 0 Å². The van der Waals surface area contributed by atoms with Crippen LogP contribution in [0.5, 0.6) is 0 Å². The Kier molecular flexibility index (Phi) is 6.61. The smallest absolute Gasteiger partial charge is 0.183 e. The van der Waals surface area contributed by atoms with Crippen molar-refractivity contribution in [2.75, 3.05) is 11.9 Å². The summed E-state index contributed by atoms with van der Waals surface area (Å²) in [6.07, 6.45) is 2.11. The maximum atomic E-state index is 8.77. The fourth-order valence-electron chi connectivity index (χ4n) is 0.484. The van der Waals surface area contributed by atoms with E-state index < -0.39 is 6.49 Å². The van der Waals surface area contributed by atoms with Crippen LogP contribution in [0.2, 0.25) is 0 Å². The Labute approximate surface area is 75.4 Å². The Morgan fingerprint density at radius 2 is 2.00 bits per heavy atom. The van der Waals surface area contributed by atoms with Crippen LogP contribution in [0.25, 0.3) is 0 Å². The molecule has 0 bridgehead atoms. The van der Waals surface area contributed by atoms with E-state index in [2.05, 4.69) is 23.5 Å². The topological polar surface area (TPSA) is 40.5 Å². The van der Waals surface area contributed by atoms with Crippen molar-refractivity contribution in [2.24, 2.45) is 0 Å². The van der Waals surface area contributed by atoms with Crippen molar-refractivity contribution in [3.63, 3.8) is 0 Å². The van der Waals surface area contributed by atoms with Crippen molar-refractivity contribution in [1.29, 1.82) is 0 Å². The van der Waals surface area contributed by atoms with E-state index in [9.17, 15) is 0 Å². The molecule has 0 saturated heterocycles. The van der Waals surface area contributed by atoms with E-state index in [1.54, 1.807) is 0 Å². The lowest BCUT2D eigenvalue weighted by Crippen LogP contribution is -1.88. The quantitative estimate of drug-likeness (QED) is 0.284. The molecule has 0 heterocycles. The van der Waals surface area contributed by atoms with E-state index in [1.165, 1.54) is 10.8 Å². The molecule has 0 amide bonds. The first kappa shape index (κ1) is 11.3. The third kappa shape index (κ3) is 9.27. The molecule has 0 saturated carbocycles. The minimum atomic E-state index is -2.91. The molecule has 62 valence electrons. The second-order valence-corrected chi connectivity index (χ2v) is 6.90. The Morgan fingerprint density at radius 1 is 1.40 bits per heavy atom. The second kappa shape index (κ2) is 5.86. The first-order chi connectivity index (χ1) is 4.56. The molecule has 0 aliphatic heterocycles. The summed E-state index contributed by atoms with van der Waals surface area (Å²) in [6.45, 7) is -2.91. The number of hydrogen-bond donors (Lipinski definition) is 3. The van der Waals surface area contributed by atoms with Crippen LogP contribution < -0.4 is 0 Å². The van der Waals surface area contributed by atoms with Crippen molar-refractivity contribution in [3.05, 3.63) is 0 Å². The molecule has 0 spiro atoms. The van der Waals surface area contributed by atoms with Crippen LogP contribution in [0.3, 0.4) is 0 Å². The van der Waals surface area contributed by atoms with Crippen molar-refractivity contribution in [1.82, 2.24) is 0 Å². The summed E-state index contributed by atoms with van der Waals surface area (Å²) in [4.78, 5) is 17.5. The van der Waals surface area contributed by atoms with Gasteiger partial charge in [0.25, 0.3) is 0 Å². The normalized spacial score (nSPS) is 11.9. The Hall–Kier alpha value is 1.27. The van der Waals surface area contributed by atoms with Gasteiger partial charge in [0, 0.05) is 11.9 Å². The molecule has 6 heteroatoms. The van der Waals surface area contributed by atoms with Crippen LogP contribution in [-0.2, 0) is 11.8 Å². The number of unbranched alkanes of at least 4 members (excludes halogenated alkanes) is 1. The minimum Gasteiger partial charge on any atom is -0.345 e. The fraction of sp³-hybridized carbons (Fsp3) is 1.00. The average molecular weight is 218 g/mol. The first-order valence-corrected chi connectivity index (χ1v) is 7.80. The SMILES string of the molecule is OP(O)(=S)CCCCSS. The molecule has 0 aromatic heterocycles. The summed E-state index contributed by atoms with van der Waals surface area (Å²) in [6, 6.07) is 0. The van der Waals surface area contributed by atoms with Gasteiger partial charge in [-0.05, 0) is 24.6 Å². The van der Waals surface area contributed by atoms with Gasteiger partial charge in [-0.2, -0.15) is 0 Å². The summed E-state index contributed by atoms with van der Waals surface area (Å²) in [5.41, 5.74) is 0. The zero-order chi connectivity index (χ0) is 8.04. The third-order valence-electron chi connectivity index (χ3n) is 0.935. The third-order valence-corrected chi connectivity index (χ3v) is 3.40. The predicted octanol–water partition coefficient (Wildman–Crippen LogP) is 1.64. The monoisotopic (exact) mass is 218 g/mol. The highest BCUT2D eigenvalue weighted by Crippen LogP contribution is 2.35. The van der Waals surface area contributed by atoms with Crippen molar-refractivity contribution in [2.45, 2.75) is 12.8 Å². The first-order valence-electron chi connectivity index (χ1n) is 2.87. The summed E-state index contributed by atoms with van der Waals surface area (Å²) in [5.74, 6) is 0.943. The van der Waals surface area contributed by atoms with Gasteiger partial charge in [0.15, 0.2) is 6.49 Å². The van der Waals surface area contributed by atoms with Gasteiger partial charge in [0.05, 0.1) is 0 Å². The van der Waals surface area contributed by atoms with Gasteiger partial charge in [-0.15, -0.1) is 11.7 Å². The molecular weight excluding hydrogens is 207 g/mol. The Balaban J connectivity index is 3.13. The molecule has 0 radical (unpaired) electrons. The molecule has 2 nitrogen and oxygen atoms in total. The standard InChI is InChI=1S/C4H11O2PS3/c5-7(6,8)3-1-2-4-10-9/h9H,1-4H2,(H2,5,6,8). The molecule has 10 heavy (non-hydrogen) atoms. The van der Waals surface area contributed by atoms with Gasteiger partial charge in [-0.3, -0.25) is 0 Å². The zero-order valence-electron chi connectivity index (χ0n) is 5.43. The molecule has 0 atom stereocenters. The van der Waals surface area contributed by atoms with Crippen molar-refractivity contribution >= 4 is 40.8 Å². The molecule has 0 aromatic rings. The molecule has 0 unspecified atom stereocenters. The van der Waals surface area contributed by atoms with Gasteiger partial charge in [0.2, 0.25) is 0 Å². The molecular formula is C4H11O2PS3. The summed E-state index contributed by atoms with van der Waals surface area (Å²) >= 11 is 8.37. The molecule has 0 rings (SSSR count). The Morgan fingerprint density at radius 3 is 2.40 bits per heavy atom. The van der Waals surface area contributed by atoms with E-state index in [0.717, 1.165) is 18.6 Å². The van der Waals surface area contributed by atoms with Crippen LogP contribution in [0.4, 0.5) is 0 Å². The lowest BCUT2D eigenvalue weighted by Gasteiger charge is -2.04. The van der Waals surface area contributed by atoms with Gasteiger partial charge in [-0.1, -0.05) is 10.8 Å². The highest BCUT2D eigenvalue weighted by molar-refractivity contribution is 8.68. The van der Waals surface area contributed by atoms with E-state index in [1.807, 2.05) is 0 Å². The summed E-state index contributed by atoms with van der Waals surface area (Å²) in [5, 5.41) is 0. The highest BCUT2D eigenvalue weighted by atomic mass is 33.1. The van der Waals surface area contributed by atoms with Crippen LogP contribution in [0, 0.1) is 0 Å². The largest absolute Gasteiger partial charge is 0.345 e. The molecule has 0 aliphatic carbocycles. The van der Waals surface area contributed by atoms with Crippen LogP contribution in [-0.4, -0.2) is 21.7 Å². The van der Waals surface area contributed by atoms with Crippen LogP contribution >= 0.6 is 28.9 Å². The lowest BCUT2D eigenvalue weighted by molar-refractivity contribution is 0.476.